The molecule has 1 aromatic rings. The summed E-state index contributed by atoms with van der Waals surface area (Å²) in [5, 5.41) is 0. The lowest BCUT2D eigenvalue weighted by atomic mass is 10.2. The lowest BCUT2D eigenvalue weighted by molar-refractivity contribution is 1.34. The maximum absolute atomic E-state index is 5.69. The average Bonchev–Trinajstić information content (AvgIpc) is 2.03. The van der Waals surface area contributed by atoms with Gasteiger partial charge in [0, 0.05) is 0 Å². The topological polar surface area (TPSA) is 0 Å². The number of hydrogen-bond acceptors (Lipinski definition) is 0. The fourth-order valence-corrected chi connectivity index (χ4v) is 2.57. The van der Waals surface area contributed by atoms with Gasteiger partial charge in [0.15, 0.2) is 0 Å². The third-order valence-electron chi connectivity index (χ3n) is 1.77. The number of aryl methyl sites for hydroxylation is 1. The lowest BCUT2D eigenvalue weighted by Crippen LogP contribution is -2.05. The molecule has 0 nitrogen and oxygen atoms in total. The van der Waals surface area contributed by atoms with Crippen molar-refractivity contribution in [2.24, 2.45) is 0 Å². The molecule has 0 fully saturated rings. The Morgan fingerprint density at radius 2 is 1.83 bits per heavy atom. The van der Waals surface area contributed by atoms with E-state index < -0.39 is 0 Å². The van der Waals surface area contributed by atoms with Crippen LogP contribution in [0.2, 0.25) is 0 Å². The maximum atomic E-state index is 5.69. The summed E-state index contributed by atoms with van der Waals surface area (Å²) in [5.41, 5.74) is 2.66. The summed E-state index contributed by atoms with van der Waals surface area (Å²) in [6.45, 7) is 2.09. The average molecular weight is 219 g/mol. The van der Waals surface area contributed by atoms with Crippen molar-refractivity contribution in [1.82, 2.24) is 0 Å². The number of alkyl halides is 2. The van der Waals surface area contributed by atoms with Gasteiger partial charge in [-0.15, -0.1) is 23.2 Å². The molecule has 0 spiro atoms. The highest BCUT2D eigenvalue weighted by Crippen LogP contribution is 2.06. The normalized spacial score (nSPS) is 11.7. The molecule has 0 bridgehead atoms. The number of hydrogen-bond donors (Lipinski definition) is 0. The zero-order valence-electron chi connectivity index (χ0n) is 7.06. The Morgan fingerprint density at radius 1 is 1.25 bits per heavy atom. The van der Waals surface area contributed by atoms with E-state index in [-0.39, 0.29) is 14.0 Å². The quantitative estimate of drug-likeness (QED) is 0.541. The van der Waals surface area contributed by atoms with Crippen molar-refractivity contribution in [2.75, 3.05) is 0 Å². The van der Waals surface area contributed by atoms with Gasteiger partial charge in [0.25, 0.3) is 0 Å². The molecule has 0 aliphatic carbocycles. The minimum Gasteiger partial charge on any atom is -0.110 e. The van der Waals surface area contributed by atoms with Crippen LogP contribution in [0.5, 0.6) is 0 Å². The van der Waals surface area contributed by atoms with E-state index in [0.717, 1.165) is 6.04 Å². The molecule has 1 aromatic carbocycles. The first-order chi connectivity index (χ1) is 5.68. The van der Waals surface area contributed by atoms with Gasteiger partial charge in [0.05, 0.1) is 14.0 Å². The van der Waals surface area contributed by atoms with Crippen molar-refractivity contribution in [3.05, 3.63) is 35.4 Å². The SMILES string of the molecule is Cc1ccc(C[SiH2]C(Cl)Cl)cc1. The van der Waals surface area contributed by atoms with Crippen LogP contribution in [0, 0.1) is 6.92 Å². The lowest BCUT2D eigenvalue weighted by Gasteiger charge is -2.01. The van der Waals surface area contributed by atoms with Gasteiger partial charge < -0.3 is 0 Å². The van der Waals surface area contributed by atoms with Gasteiger partial charge in [-0.05, 0) is 13.0 Å². The molecule has 0 atom stereocenters. The largest absolute Gasteiger partial charge is 0.110 e. The highest BCUT2D eigenvalue weighted by molar-refractivity contribution is 6.68. The van der Waals surface area contributed by atoms with Crippen molar-refractivity contribution in [1.29, 1.82) is 0 Å². The Hall–Kier alpha value is 0.0169. The van der Waals surface area contributed by atoms with Crippen molar-refractivity contribution in [3.8, 4) is 0 Å². The molecule has 0 aromatic heterocycles. The van der Waals surface area contributed by atoms with Gasteiger partial charge in [-0.1, -0.05) is 35.4 Å². The van der Waals surface area contributed by atoms with Gasteiger partial charge in [0.2, 0.25) is 0 Å². The molecule has 12 heavy (non-hydrogen) atoms. The molecule has 0 heterocycles. The molecule has 0 aliphatic rings. The van der Waals surface area contributed by atoms with Crippen LogP contribution in [0.1, 0.15) is 11.1 Å². The van der Waals surface area contributed by atoms with E-state index in [2.05, 4.69) is 31.2 Å². The molecule has 3 heteroatoms. The molecule has 0 saturated heterocycles. The minimum atomic E-state index is -0.334. The zero-order valence-corrected chi connectivity index (χ0v) is 9.98. The summed E-state index contributed by atoms with van der Waals surface area (Å²) >= 11 is 11.4. The Labute approximate surface area is 85.7 Å². The van der Waals surface area contributed by atoms with Crippen LogP contribution >= 0.6 is 23.2 Å². The predicted molar refractivity (Wildman–Crippen MR) is 58.9 cm³/mol. The molecule has 66 valence electrons. The molecule has 0 saturated carbocycles. The monoisotopic (exact) mass is 218 g/mol. The summed E-state index contributed by atoms with van der Waals surface area (Å²) in [7, 11) is -0.334. The summed E-state index contributed by atoms with van der Waals surface area (Å²) in [4.78, 5) is 0. The Bertz CT molecular complexity index is 231. The van der Waals surface area contributed by atoms with E-state index in [1.54, 1.807) is 0 Å². The number of rotatable bonds is 3. The maximum Gasteiger partial charge on any atom is 0.0911 e. The Kier molecular flexibility index (Phi) is 4.13. The van der Waals surface area contributed by atoms with Crippen molar-refractivity contribution in [3.63, 3.8) is 0 Å². The minimum absolute atomic E-state index is 0.105. The smallest absolute Gasteiger partial charge is 0.0911 e. The summed E-state index contributed by atoms with van der Waals surface area (Å²) in [6, 6.07) is 9.65. The first-order valence-electron chi connectivity index (χ1n) is 4.02. The molecule has 0 amide bonds. The highest BCUT2D eigenvalue weighted by Gasteiger charge is 2.00. The molecule has 1 rings (SSSR count). The standard InChI is InChI=1S/C9H12Cl2Si/c1-7-2-4-8(5-3-7)6-12-9(10)11/h2-5,9H,6,12H2,1H3. The van der Waals surface area contributed by atoms with E-state index in [0.29, 0.717) is 0 Å². The second kappa shape index (κ2) is 4.90. The molecule has 0 unspecified atom stereocenters. The summed E-state index contributed by atoms with van der Waals surface area (Å²) in [5.74, 6) is 0. The van der Waals surface area contributed by atoms with Crippen LogP contribution in [0.25, 0.3) is 0 Å². The highest BCUT2D eigenvalue weighted by atomic mass is 35.5. The van der Waals surface area contributed by atoms with Gasteiger partial charge in [-0.25, -0.2) is 0 Å². The van der Waals surface area contributed by atoms with Crippen LogP contribution in [-0.4, -0.2) is 14.0 Å². The van der Waals surface area contributed by atoms with E-state index in [1.165, 1.54) is 11.1 Å². The van der Waals surface area contributed by atoms with Gasteiger partial charge in [-0.2, -0.15) is 0 Å². The van der Waals surface area contributed by atoms with Crippen LogP contribution in [-0.2, 0) is 6.04 Å². The first-order valence-corrected chi connectivity index (χ1v) is 6.71. The molecular formula is C9H12Cl2Si. The van der Waals surface area contributed by atoms with Crippen LogP contribution in [0.4, 0.5) is 0 Å². The molecule has 0 radical (unpaired) electrons. The van der Waals surface area contributed by atoms with E-state index >= 15 is 0 Å². The zero-order chi connectivity index (χ0) is 8.97. The molecule has 0 aliphatic heterocycles. The fourth-order valence-electron chi connectivity index (χ4n) is 1.03. The third-order valence-corrected chi connectivity index (χ3v) is 4.38. The number of halogens is 2. The third kappa shape index (κ3) is 3.61. The van der Waals surface area contributed by atoms with Gasteiger partial charge in [0.1, 0.15) is 0 Å². The number of benzene rings is 1. The predicted octanol–water partition coefficient (Wildman–Crippen LogP) is 2.43. The first kappa shape index (κ1) is 10.1. The van der Waals surface area contributed by atoms with Gasteiger partial charge in [-0.3, -0.25) is 0 Å². The molecule has 0 N–H and O–H groups in total. The van der Waals surface area contributed by atoms with Crippen LogP contribution in [0.3, 0.4) is 0 Å². The van der Waals surface area contributed by atoms with Gasteiger partial charge >= 0.3 is 0 Å². The fraction of sp³-hybridized carbons (Fsp3) is 0.333. The van der Waals surface area contributed by atoms with E-state index in [4.69, 9.17) is 23.2 Å². The Balaban J connectivity index is 2.48. The second-order valence-corrected chi connectivity index (χ2v) is 7.12. The van der Waals surface area contributed by atoms with Crippen molar-refractivity contribution in [2.45, 2.75) is 17.4 Å². The van der Waals surface area contributed by atoms with Crippen LogP contribution in [0.15, 0.2) is 24.3 Å². The molecular weight excluding hydrogens is 207 g/mol. The Morgan fingerprint density at radius 3 is 2.33 bits per heavy atom. The van der Waals surface area contributed by atoms with Crippen molar-refractivity contribution >= 4 is 32.7 Å². The second-order valence-electron chi connectivity index (χ2n) is 2.92. The van der Waals surface area contributed by atoms with Crippen molar-refractivity contribution < 1.29 is 0 Å². The van der Waals surface area contributed by atoms with Crippen LogP contribution < -0.4 is 0 Å². The van der Waals surface area contributed by atoms with E-state index in [9.17, 15) is 0 Å². The summed E-state index contributed by atoms with van der Waals surface area (Å²) < 4.78 is -0.105. The van der Waals surface area contributed by atoms with E-state index in [1.807, 2.05) is 0 Å². The summed E-state index contributed by atoms with van der Waals surface area (Å²) in [6.07, 6.45) is 0.